The quantitative estimate of drug-likeness (QED) is 0.927. The Morgan fingerprint density at radius 3 is 2.79 bits per heavy atom. The van der Waals surface area contributed by atoms with Gasteiger partial charge in [-0.25, -0.2) is 0 Å². The van der Waals surface area contributed by atoms with Gasteiger partial charge in [0, 0.05) is 24.7 Å². The van der Waals surface area contributed by atoms with Gasteiger partial charge < -0.3 is 10.5 Å². The van der Waals surface area contributed by atoms with Crippen molar-refractivity contribution in [3.8, 4) is 5.75 Å². The summed E-state index contributed by atoms with van der Waals surface area (Å²) in [4.78, 5) is 2.48. The SMILES string of the molecule is COc1ccc(C)cc1CN1CCC(N)C(C)C1.Cl. The van der Waals surface area contributed by atoms with Gasteiger partial charge in [0.05, 0.1) is 7.11 Å². The average molecular weight is 285 g/mol. The summed E-state index contributed by atoms with van der Waals surface area (Å²) in [7, 11) is 1.74. The highest BCUT2D eigenvalue weighted by Gasteiger charge is 2.23. The van der Waals surface area contributed by atoms with Gasteiger partial charge in [-0.05, 0) is 31.9 Å². The molecule has 2 rings (SSSR count). The molecule has 1 fully saturated rings. The van der Waals surface area contributed by atoms with Crippen molar-refractivity contribution in [2.45, 2.75) is 32.9 Å². The van der Waals surface area contributed by atoms with Gasteiger partial charge >= 0.3 is 0 Å². The Morgan fingerprint density at radius 1 is 1.42 bits per heavy atom. The highest BCUT2D eigenvalue weighted by molar-refractivity contribution is 5.85. The lowest BCUT2D eigenvalue weighted by Gasteiger charge is -2.35. The van der Waals surface area contributed by atoms with Crippen molar-refractivity contribution in [3.05, 3.63) is 29.3 Å². The molecule has 1 saturated heterocycles. The number of halogens is 1. The second kappa shape index (κ2) is 7.13. The van der Waals surface area contributed by atoms with E-state index >= 15 is 0 Å². The molecule has 0 aromatic heterocycles. The number of nitrogens with two attached hydrogens (primary N) is 1. The van der Waals surface area contributed by atoms with Gasteiger partial charge in [0.1, 0.15) is 5.75 Å². The molecule has 1 aliphatic rings. The van der Waals surface area contributed by atoms with Crippen LogP contribution < -0.4 is 10.5 Å². The minimum absolute atomic E-state index is 0. The Kier molecular flexibility index (Phi) is 6.11. The molecule has 0 aliphatic carbocycles. The van der Waals surface area contributed by atoms with Gasteiger partial charge in [-0.15, -0.1) is 12.4 Å². The minimum Gasteiger partial charge on any atom is -0.496 e. The van der Waals surface area contributed by atoms with Crippen molar-refractivity contribution in [2.75, 3.05) is 20.2 Å². The average Bonchev–Trinajstić information content (AvgIpc) is 2.34. The lowest BCUT2D eigenvalue weighted by atomic mass is 9.94. The molecule has 1 aliphatic heterocycles. The molecule has 0 saturated carbocycles. The number of likely N-dealkylation sites (tertiary alicyclic amines) is 1. The first-order valence-electron chi connectivity index (χ1n) is 6.71. The van der Waals surface area contributed by atoms with Crippen LogP contribution in [0.2, 0.25) is 0 Å². The van der Waals surface area contributed by atoms with Gasteiger partial charge in [0.25, 0.3) is 0 Å². The maximum atomic E-state index is 6.06. The number of aryl methyl sites for hydroxylation is 1. The summed E-state index contributed by atoms with van der Waals surface area (Å²) in [5.41, 5.74) is 8.63. The Hall–Kier alpha value is -0.770. The number of methoxy groups -OCH3 is 1. The molecule has 0 bridgehead atoms. The lowest BCUT2D eigenvalue weighted by molar-refractivity contribution is 0.156. The van der Waals surface area contributed by atoms with E-state index in [1.165, 1.54) is 11.1 Å². The van der Waals surface area contributed by atoms with Gasteiger partial charge in [-0.1, -0.05) is 24.6 Å². The fraction of sp³-hybridized carbons (Fsp3) is 0.600. The first-order chi connectivity index (χ1) is 8.60. The molecular weight excluding hydrogens is 260 g/mol. The number of nitrogens with zero attached hydrogens (tertiary/aromatic N) is 1. The second-order valence-corrected chi connectivity index (χ2v) is 5.48. The van der Waals surface area contributed by atoms with Crippen LogP contribution in [0.4, 0.5) is 0 Å². The van der Waals surface area contributed by atoms with Crippen LogP contribution in [0.3, 0.4) is 0 Å². The van der Waals surface area contributed by atoms with Gasteiger partial charge in [0.2, 0.25) is 0 Å². The van der Waals surface area contributed by atoms with Crippen LogP contribution >= 0.6 is 12.4 Å². The zero-order valence-corrected chi connectivity index (χ0v) is 12.9. The van der Waals surface area contributed by atoms with E-state index in [0.29, 0.717) is 12.0 Å². The third kappa shape index (κ3) is 4.10. The third-order valence-corrected chi connectivity index (χ3v) is 3.89. The minimum atomic E-state index is 0. The van der Waals surface area contributed by atoms with Crippen LogP contribution in [0.25, 0.3) is 0 Å². The number of ether oxygens (including phenoxy) is 1. The number of hydrogen-bond donors (Lipinski definition) is 1. The van der Waals surface area contributed by atoms with Crippen molar-refractivity contribution in [1.82, 2.24) is 4.90 Å². The zero-order valence-electron chi connectivity index (χ0n) is 12.1. The number of piperidine rings is 1. The Balaban J connectivity index is 0.00000180. The molecule has 0 radical (unpaired) electrons. The van der Waals surface area contributed by atoms with Crippen molar-refractivity contribution >= 4 is 12.4 Å². The topological polar surface area (TPSA) is 38.5 Å². The van der Waals surface area contributed by atoms with Crippen molar-refractivity contribution in [2.24, 2.45) is 11.7 Å². The first kappa shape index (κ1) is 16.3. The summed E-state index contributed by atoms with van der Waals surface area (Å²) in [5, 5.41) is 0. The molecule has 4 heteroatoms. The Bertz CT molecular complexity index is 411. The maximum Gasteiger partial charge on any atom is 0.123 e. The van der Waals surface area contributed by atoms with Crippen molar-refractivity contribution in [1.29, 1.82) is 0 Å². The standard InChI is InChI=1S/C15H24N2O.ClH/c1-11-4-5-15(18-3)13(8-11)10-17-7-6-14(16)12(2)9-17;/h4-5,8,12,14H,6-7,9-10,16H2,1-3H3;1H. The van der Waals surface area contributed by atoms with Crippen LogP contribution in [0.5, 0.6) is 5.75 Å². The maximum absolute atomic E-state index is 6.06. The molecule has 108 valence electrons. The largest absolute Gasteiger partial charge is 0.496 e. The van der Waals surface area contributed by atoms with Crippen molar-refractivity contribution in [3.63, 3.8) is 0 Å². The molecule has 0 spiro atoms. The number of rotatable bonds is 3. The molecule has 2 N–H and O–H groups in total. The van der Waals surface area contributed by atoms with E-state index < -0.39 is 0 Å². The molecule has 2 atom stereocenters. The monoisotopic (exact) mass is 284 g/mol. The summed E-state index contributed by atoms with van der Waals surface area (Å²) in [6.07, 6.45) is 1.09. The van der Waals surface area contributed by atoms with Crippen LogP contribution in [-0.2, 0) is 6.54 Å². The highest BCUT2D eigenvalue weighted by Crippen LogP contribution is 2.24. The van der Waals surface area contributed by atoms with Crippen LogP contribution in [0.1, 0.15) is 24.5 Å². The highest BCUT2D eigenvalue weighted by atomic mass is 35.5. The predicted octanol–water partition coefficient (Wildman–Crippen LogP) is 2.59. The predicted molar refractivity (Wildman–Crippen MR) is 82.0 cm³/mol. The molecule has 1 heterocycles. The molecule has 0 amide bonds. The van der Waals surface area contributed by atoms with Gasteiger partial charge in [-0.2, -0.15) is 0 Å². The van der Waals surface area contributed by atoms with E-state index in [2.05, 4.69) is 36.9 Å². The van der Waals surface area contributed by atoms with Gasteiger partial charge in [0.15, 0.2) is 0 Å². The summed E-state index contributed by atoms with van der Waals surface area (Å²) in [6.45, 7) is 7.49. The normalized spacial score (nSPS) is 23.8. The third-order valence-electron chi connectivity index (χ3n) is 3.89. The van der Waals surface area contributed by atoms with E-state index in [9.17, 15) is 0 Å². The number of benzene rings is 1. The van der Waals surface area contributed by atoms with Gasteiger partial charge in [-0.3, -0.25) is 4.90 Å². The molecule has 1 aromatic rings. The van der Waals surface area contributed by atoms with Crippen LogP contribution in [-0.4, -0.2) is 31.1 Å². The Morgan fingerprint density at radius 2 is 2.16 bits per heavy atom. The molecule has 2 unspecified atom stereocenters. The number of hydrogen-bond acceptors (Lipinski definition) is 3. The van der Waals surface area contributed by atoms with Crippen LogP contribution in [0, 0.1) is 12.8 Å². The summed E-state index contributed by atoms with van der Waals surface area (Å²) >= 11 is 0. The fourth-order valence-corrected chi connectivity index (χ4v) is 2.67. The fourth-order valence-electron chi connectivity index (χ4n) is 2.67. The smallest absolute Gasteiger partial charge is 0.123 e. The zero-order chi connectivity index (χ0) is 13.1. The molecule has 3 nitrogen and oxygen atoms in total. The van der Waals surface area contributed by atoms with E-state index in [1.54, 1.807) is 7.11 Å². The molecular formula is C15H25ClN2O. The van der Waals surface area contributed by atoms with E-state index in [0.717, 1.165) is 31.8 Å². The first-order valence-corrected chi connectivity index (χ1v) is 6.71. The second-order valence-electron chi connectivity index (χ2n) is 5.48. The molecule has 1 aromatic carbocycles. The summed E-state index contributed by atoms with van der Waals surface area (Å²) < 4.78 is 5.44. The van der Waals surface area contributed by atoms with E-state index in [4.69, 9.17) is 10.5 Å². The van der Waals surface area contributed by atoms with E-state index in [1.807, 2.05) is 0 Å². The summed E-state index contributed by atoms with van der Waals surface area (Å²) in [5.74, 6) is 1.57. The Labute approximate surface area is 122 Å². The lowest BCUT2D eigenvalue weighted by Crippen LogP contribution is -2.45. The summed E-state index contributed by atoms with van der Waals surface area (Å²) in [6, 6.07) is 6.74. The van der Waals surface area contributed by atoms with E-state index in [-0.39, 0.29) is 12.4 Å². The van der Waals surface area contributed by atoms with Crippen LogP contribution in [0.15, 0.2) is 18.2 Å². The molecule has 19 heavy (non-hydrogen) atoms. The van der Waals surface area contributed by atoms with Crippen molar-refractivity contribution < 1.29 is 4.74 Å².